The molecule has 0 bridgehead atoms. The van der Waals surface area contributed by atoms with Crippen molar-refractivity contribution in [1.82, 2.24) is 4.90 Å². The summed E-state index contributed by atoms with van der Waals surface area (Å²) in [7, 11) is 0. The fourth-order valence-corrected chi connectivity index (χ4v) is 5.32. The molecule has 0 spiro atoms. The average Bonchev–Trinajstić information content (AvgIpc) is 2.84. The van der Waals surface area contributed by atoms with Crippen molar-refractivity contribution in [3.05, 3.63) is 108 Å². The van der Waals surface area contributed by atoms with E-state index in [0.717, 1.165) is 19.1 Å². The van der Waals surface area contributed by atoms with E-state index in [1.165, 1.54) is 36.0 Å². The molecule has 30 heavy (non-hydrogen) atoms. The van der Waals surface area contributed by atoms with E-state index in [4.69, 9.17) is 0 Å². The van der Waals surface area contributed by atoms with Gasteiger partial charge in [0.2, 0.25) is 0 Å². The number of carbonyl (C=O) groups excluding carboxylic acids is 1. The van der Waals surface area contributed by atoms with Crippen LogP contribution in [0.4, 0.5) is 0 Å². The van der Waals surface area contributed by atoms with Gasteiger partial charge in [0.25, 0.3) is 0 Å². The second kappa shape index (κ2) is 9.40. The first kappa shape index (κ1) is 20.6. The van der Waals surface area contributed by atoms with Crippen molar-refractivity contribution >= 4 is 6.29 Å². The lowest BCUT2D eigenvalue weighted by atomic mass is 9.73. The van der Waals surface area contributed by atoms with Crippen molar-refractivity contribution in [2.45, 2.75) is 56.7 Å². The summed E-state index contributed by atoms with van der Waals surface area (Å²) in [5.41, 5.74) is 3.11. The van der Waals surface area contributed by atoms with Crippen molar-refractivity contribution in [3.63, 3.8) is 0 Å². The molecule has 1 fully saturated rings. The van der Waals surface area contributed by atoms with Gasteiger partial charge in [-0.05, 0) is 36.5 Å². The van der Waals surface area contributed by atoms with E-state index in [9.17, 15) is 4.79 Å². The minimum Gasteiger partial charge on any atom is -0.302 e. The van der Waals surface area contributed by atoms with Gasteiger partial charge >= 0.3 is 0 Å². The SMILES string of the molecule is C[C@@H](C=O)N(C1CCCCC1)C(c1ccccc1)(c1ccccc1)c1ccccc1. The van der Waals surface area contributed by atoms with E-state index in [-0.39, 0.29) is 6.04 Å². The molecular formula is C28H31NO. The van der Waals surface area contributed by atoms with Crippen molar-refractivity contribution in [3.8, 4) is 0 Å². The number of nitrogens with zero attached hydrogens (tertiary/aromatic N) is 1. The number of aldehydes is 1. The Balaban J connectivity index is 2.06. The largest absolute Gasteiger partial charge is 0.302 e. The second-order valence-electron chi connectivity index (χ2n) is 8.38. The Bertz CT molecular complexity index is 820. The molecule has 0 N–H and O–H groups in total. The molecule has 1 aliphatic rings. The molecule has 0 radical (unpaired) electrons. The molecule has 0 amide bonds. The van der Waals surface area contributed by atoms with Crippen molar-refractivity contribution < 1.29 is 4.79 Å². The number of carbonyl (C=O) groups is 1. The quantitative estimate of drug-likeness (QED) is 0.349. The zero-order valence-electron chi connectivity index (χ0n) is 17.8. The molecule has 4 rings (SSSR count). The van der Waals surface area contributed by atoms with Crippen LogP contribution in [-0.4, -0.2) is 23.3 Å². The standard InChI is InChI=1S/C28H31NO/c1-23(22-30)29(27-20-12-5-13-21-27)28(24-14-6-2-7-15-24,25-16-8-3-9-17-25)26-18-10-4-11-19-26/h2-4,6-11,14-19,22-23,27H,5,12-13,20-21H2,1H3/t23-/m0/s1. The molecule has 1 atom stereocenters. The Hall–Kier alpha value is -2.71. The van der Waals surface area contributed by atoms with Gasteiger partial charge in [0.1, 0.15) is 6.29 Å². The Morgan fingerprint density at radius 1 is 0.733 bits per heavy atom. The van der Waals surface area contributed by atoms with Gasteiger partial charge in [-0.3, -0.25) is 4.90 Å². The predicted octanol–water partition coefficient (Wildman–Crippen LogP) is 6.20. The van der Waals surface area contributed by atoms with Crippen molar-refractivity contribution in [2.24, 2.45) is 0 Å². The first-order valence-corrected chi connectivity index (χ1v) is 11.2. The normalized spacial score (nSPS) is 16.3. The Labute approximate surface area is 180 Å². The molecule has 0 aromatic heterocycles. The highest BCUT2D eigenvalue weighted by molar-refractivity contribution is 5.60. The third-order valence-corrected chi connectivity index (χ3v) is 6.57. The molecular weight excluding hydrogens is 366 g/mol. The molecule has 0 heterocycles. The van der Waals surface area contributed by atoms with E-state index in [0.29, 0.717) is 6.04 Å². The van der Waals surface area contributed by atoms with Gasteiger partial charge in [0.15, 0.2) is 0 Å². The zero-order chi connectivity index (χ0) is 20.8. The monoisotopic (exact) mass is 397 g/mol. The maximum Gasteiger partial charge on any atom is 0.136 e. The summed E-state index contributed by atoms with van der Waals surface area (Å²) in [5.74, 6) is 0. The number of benzene rings is 3. The van der Waals surface area contributed by atoms with Gasteiger partial charge in [-0.25, -0.2) is 0 Å². The van der Waals surface area contributed by atoms with Crippen molar-refractivity contribution in [1.29, 1.82) is 0 Å². The molecule has 3 aromatic carbocycles. The molecule has 2 nitrogen and oxygen atoms in total. The van der Waals surface area contributed by atoms with E-state index in [2.05, 4.69) is 103 Å². The number of hydrogen-bond acceptors (Lipinski definition) is 2. The molecule has 3 aromatic rings. The molecule has 1 aliphatic carbocycles. The lowest BCUT2D eigenvalue weighted by Gasteiger charge is -2.52. The predicted molar refractivity (Wildman–Crippen MR) is 123 cm³/mol. The summed E-state index contributed by atoms with van der Waals surface area (Å²) in [4.78, 5) is 14.8. The molecule has 154 valence electrons. The van der Waals surface area contributed by atoms with Crippen LogP contribution in [0, 0.1) is 0 Å². The van der Waals surface area contributed by atoms with Gasteiger partial charge in [-0.1, -0.05) is 110 Å². The van der Waals surface area contributed by atoms with Gasteiger partial charge in [0.05, 0.1) is 11.6 Å². The Kier molecular flexibility index (Phi) is 6.44. The third-order valence-electron chi connectivity index (χ3n) is 6.57. The fraction of sp³-hybridized carbons (Fsp3) is 0.321. The molecule has 2 heteroatoms. The van der Waals surface area contributed by atoms with Crippen LogP contribution < -0.4 is 0 Å². The minimum atomic E-state index is -0.522. The van der Waals surface area contributed by atoms with Gasteiger partial charge in [-0.15, -0.1) is 0 Å². The van der Waals surface area contributed by atoms with Crippen LogP contribution in [0.1, 0.15) is 55.7 Å². The summed E-state index contributed by atoms with van der Waals surface area (Å²) in [5, 5.41) is 0. The molecule has 0 saturated heterocycles. The van der Waals surface area contributed by atoms with Crippen molar-refractivity contribution in [2.75, 3.05) is 0 Å². The highest BCUT2D eigenvalue weighted by atomic mass is 16.1. The number of rotatable bonds is 7. The van der Waals surface area contributed by atoms with E-state index in [1.54, 1.807) is 0 Å². The molecule has 0 unspecified atom stereocenters. The summed E-state index contributed by atoms with van der Waals surface area (Å²) in [6.45, 7) is 2.06. The van der Waals surface area contributed by atoms with Gasteiger partial charge < -0.3 is 4.79 Å². The zero-order valence-corrected chi connectivity index (χ0v) is 17.8. The van der Waals surface area contributed by atoms with Crippen LogP contribution in [0.3, 0.4) is 0 Å². The van der Waals surface area contributed by atoms with Crippen LogP contribution in [-0.2, 0) is 10.3 Å². The minimum absolute atomic E-state index is 0.200. The maximum atomic E-state index is 12.3. The lowest BCUT2D eigenvalue weighted by Crippen LogP contribution is -2.57. The van der Waals surface area contributed by atoms with Crippen LogP contribution in [0.25, 0.3) is 0 Å². The lowest BCUT2D eigenvalue weighted by molar-refractivity contribution is -0.115. The topological polar surface area (TPSA) is 20.3 Å². The smallest absolute Gasteiger partial charge is 0.136 e. The maximum absolute atomic E-state index is 12.3. The summed E-state index contributed by atoms with van der Waals surface area (Å²) >= 11 is 0. The fourth-order valence-electron chi connectivity index (χ4n) is 5.32. The van der Waals surface area contributed by atoms with E-state index in [1.807, 2.05) is 0 Å². The Morgan fingerprint density at radius 2 is 1.13 bits per heavy atom. The summed E-state index contributed by atoms with van der Waals surface area (Å²) in [6, 6.07) is 32.3. The van der Waals surface area contributed by atoms with Crippen LogP contribution in [0.2, 0.25) is 0 Å². The Morgan fingerprint density at radius 3 is 1.50 bits per heavy atom. The molecule has 1 saturated carbocycles. The highest BCUT2D eigenvalue weighted by Crippen LogP contribution is 2.46. The first-order valence-electron chi connectivity index (χ1n) is 11.2. The summed E-state index contributed by atoms with van der Waals surface area (Å²) < 4.78 is 0. The first-order chi connectivity index (χ1) is 14.8. The van der Waals surface area contributed by atoms with Crippen LogP contribution >= 0.6 is 0 Å². The highest BCUT2D eigenvalue weighted by Gasteiger charge is 2.47. The van der Waals surface area contributed by atoms with Gasteiger partial charge in [0, 0.05) is 6.04 Å². The van der Waals surface area contributed by atoms with E-state index < -0.39 is 5.54 Å². The second-order valence-corrected chi connectivity index (χ2v) is 8.38. The average molecular weight is 398 g/mol. The summed E-state index contributed by atoms with van der Waals surface area (Å²) in [6.07, 6.45) is 7.12. The third kappa shape index (κ3) is 3.73. The van der Waals surface area contributed by atoms with E-state index >= 15 is 0 Å². The van der Waals surface area contributed by atoms with Crippen LogP contribution in [0.15, 0.2) is 91.0 Å². The van der Waals surface area contributed by atoms with Gasteiger partial charge in [-0.2, -0.15) is 0 Å². The molecule has 0 aliphatic heterocycles. The number of hydrogen-bond donors (Lipinski definition) is 0. The van der Waals surface area contributed by atoms with Crippen LogP contribution in [0.5, 0.6) is 0 Å².